The van der Waals surface area contributed by atoms with Crippen molar-refractivity contribution in [2.45, 2.75) is 24.4 Å². The highest BCUT2D eigenvalue weighted by atomic mass is 32.2. The molecule has 24 heavy (non-hydrogen) atoms. The van der Waals surface area contributed by atoms with E-state index in [2.05, 4.69) is 10.2 Å². The maximum Gasteiger partial charge on any atom is 0.300 e. The highest BCUT2D eigenvalue weighted by Gasteiger charge is 2.09. The first-order valence-corrected chi connectivity index (χ1v) is 8.02. The van der Waals surface area contributed by atoms with Gasteiger partial charge in [-0.15, -0.1) is 10.2 Å². The predicted octanol–water partition coefficient (Wildman–Crippen LogP) is 1.67. The lowest BCUT2D eigenvalue weighted by molar-refractivity contribution is -0.134. The van der Waals surface area contributed by atoms with Gasteiger partial charge in [-0.1, -0.05) is 11.8 Å². The summed E-state index contributed by atoms with van der Waals surface area (Å²) in [6.45, 7) is 1.47. The van der Waals surface area contributed by atoms with Gasteiger partial charge in [-0.3, -0.25) is 4.79 Å². The van der Waals surface area contributed by atoms with Gasteiger partial charge in [0.05, 0.1) is 20.8 Å². The Balaban J connectivity index is 0.000000648. The third kappa shape index (κ3) is 6.09. The van der Waals surface area contributed by atoms with E-state index in [9.17, 15) is 0 Å². The Morgan fingerprint density at radius 1 is 1.25 bits per heavy atom. The van der Waals surface area contributed by atoms with E-state index in [0.29, 0.717) is 6.54 Å². The Labute approximate surface area is 145 Å². The van der Waals surface area contributed by atoms with Gasteiger partial charge in [-0.05, 0) is 17.7 Å². The number of thioether (sulfide) groups is 1. The van der Waals surface area contributed by atoms with Gasteiger partial charge in [0.2, 0.25) is 0 Å². The summed E-state index contributed by atoms with van der Waals surface area (Å²) in [5.41, 5.74) is 6.68. The van der Waals surface area contributed by atoms with Crippen molar-refractivity contribution in [2.24, 2.45) is 12.8 Å². The second-order valence-electron chi connectivity index (χ2n) is 4.69. The van der Waals surface area contributed by atoms with Crippen LogP contribution in [0.25, 0.3) is 0 Å². The van der Waals surface area contributed by atoms with Crippen LogP contribution >= 0.6 is 11.8 Å². The molecule has 1 aromatic carbocycles. The van der Waals surface area contributed by atoms with Crippen molar-refractivity contribution in [3.63, 3.8) is 0 Å². The summed E-state index contributed by atoms with van der Waals surface area (Å²) < 4.78 is 12.4. The van der Waals surface area contributed by atoms with Crippen LogP contribution in [0.3, 0.4) is 0 Å². The van der Waals surface area contributed by atoms with Crippen molar-refractivity contribution in [3.05, 3.63) is 29.6 Å². The molecule has 0 unspecified atom stereocenters. The number of carboxylic acids is 1. The van der Waals surface area contributed by atoms with Crippen LogP contribution in [0.5, 0.6) is 11.5 Å². The molecule has 0 aliphatic rings. The average Bonchev–Trinajstić information content (AvgIpc) is 2.92. The van der Waals surface area contributed by atoms with Gasteiger partial charge in [0.25, 0.3) is 5.97 Å². The number of hydrogen-bond acceptors (Lipinski definition) is 7. The fourth-order valence-corrected chi connectivity index (χ4v) is 2.61. The van der Waals surface area contributed by atoms with E-state index in [0.717, 1.165) is 40.7 Å². The summed E-state index contributed by atoms with van der Waals surface area (Å²) in [4.78, 5) is 9.00. The van der Waals surface area contributed by atoms with Gasteiger partial charge in [0.1, 0.15) is 17.3 Å². The average molecular weight is 354 g/mol. The molecule has 9 heteroatoms. The molecule has 0 fully saturated rings. The zero-order valence-corrected chi connectivity index (χ0v) is 15.0. The Morgan fingerprint density at radius 2 is 1.79 bits per heavy atom. The number of nitrogens with zero attached hydrogens (tertiary/aromatic N) is 3. The van der Waals surface area contributed by atoms with Gasteiger partial charge in [-0.25, -0.2) is 0 Å². The number of nitrogens with two attached hydrogens (primary N) is 1. The maximum absolute atomic E-state index is 9.00. The first-order valence-electron chi connectivity index (χ1n) is 7.03. The van der Waals surface area contributed by atoms with Gasteiger partial charge in [0, 0.05) is 25.8 Å². The van der Waals surface area contributed by atoms with Gasteiger partial charge < -0.3 is 24.9 Å². The van der Waals surface area contributed by atoms with Gasteiger partial charge >= 0.3 is 0 Å². The molecule has 0 atom stereocenters. The fraction of sp³-hybridized carbons (Fsp3) is 0.400. The van der Waals surface area contributed by atoms with E-state index in [1.54, 1.807) is 26.0 Å². The van der Waals surface area contributed by atoms with E-state index in [1.807, 2.05) is 29.8 Å². The van der Waals surface area contributed by atoms with Crippen LogP contribution in [0.4, 0.5) is 0 Å². The standard InChI is InChI=1S/C13H18N4O2S.C2H4O2/c1-17-12(7-14)15-16-13(17)20-8-9-4-10(18-2)6-11(5-9)19-3;1-2(3)4/h4-6H,7-8,14H2,1-3H3;1H3,(H,3,4). The molecular weight excluding hydrogens is 332 g/mol. The van der Waals surface area contributed by atoms with Crippen LogP contribution in [-0.2, 0) is 24.1 Å². The number of aromatic nitrogens is 3. The molecule has 0 radical (unpaired) electrons. The summed E-state index contributed by atoms with van der Waals surface area (Å²) in [5, 5.41) is 16.4. The largest absolute Gasteiger partial charge is 0.497 e. The van der Waals surface area contributed by atoms with E-state index in [1.165, 1.54) is 0 Å². The Hall–Kier alpha value is -2.26. The lowest BCUT2D eigenvalue weighted by Crippen LogP contribution is -2.05. The second-order valence-corrected chi connectivity index (χ2v) is 5.63. The number of aliphatic carboxylic acids is 1. The molecule has 2 aromatic rings. The lowest BCUT2D eigenvalue weighted by atomic mass is 10.2. The van der Waals surface area contributed by atoms with Crippen LogP contribution in [-0.4, -0.2) is 40.1 Å². The number of carbonyl (C=O) groups is 1. The fourth-order valence-electron chi connectivity index (χ4n) is 1.75. The highest BCUT2D eigenvalue weighted by Crippen LogP contribution is 2.27. The third-order valence-corrected chi connectivity index (χ3v) is 3.98. The minimum atomic E-state index is -0.833. The molecule has 132 valence electrons. The number of methoxy groups -OCH3 is 2. The quantitative estimate of drug-likeness (QED) is 0.753. The minimum Gasteiger partial charge on any atom is -0.497 e. The van der Waals surface area contributed by atoms with Crippen LogP contribution in [0.2, 0.25) is 0 Å². The second kappa shape index (κ2) is 9.78. The smallest absolute Gasteiger partial charge is 0.300 e. The van der Waals surface area contributed by atoms with Crippen molar-refractivity contribution in [2.75, 3.05) is 14.2 Å². The van der Waals surface area contributed by atoms with E-state index >= 15 is 0 Å². The number of ether oxygens (including phenoxy) is 2. The van der Waals surface area contributed by atoms with E-state index in [4.69, 9.17) is 25.1 Å². The first kappa shape index (κ1) is 19.8. The monoisotopic (exact) mass is 354 g/mol. The number of rotatable bonds is 6. The summed E-state index contributed by atoms with van der Waals surface area (Å²) in [6.07, 6.45) is 0. The summed E-state index contributed by atoms with van der Waals surface area (Å²) in [7, 11) is 5.19. The van der Waals surface area contributed by atoms with Crippen LogP contribution in [0.15, 0.2) is 23.4 Å². The summed E-state index contributed by atoms with van der Waals surface area (Å²) in [6, 6.07) is 5.81. The summed E-state index contributed by atoms with van der Waals surface area (Å²) in [5.74, 6) is 2.25. The number of carboxylic acid groups (broad SMARTS) is 1. The topological polar surface area (TPSA) is 112 Å². The summed E-state index contributed by atoms with van der Waals surface area (Å²) >= 11 is 1.60. The van der Waals surface area contributed by atoms with Crippen molar-refractivity contribution in [1.29, 1.82) is 0 Å². The molecule has 2 rings (SSSR count). The van der Waals surface area contributed by atoms with Gasteiger partial charge in [-0.2, -0.15) is 0 Å². The first-order chi connectivity index (χ1) is 11.4. The van der Waals surface area contributed by atoms with E-state index < -0.39 is 5.97 Å². The van der Waals surface area contributed by atoms with Gasteiger partial charge in [0.15, 0.2) is 5.16 Å². The van der Waals surface area contributed by atoms with Crippen molar-refractivity contribution in [3.8, 4) is 11.5 Å². The molecule has 0 bridgehead atoms. The van der Waals surface area contributed by atoms with Crippen LogP contribution in [0, 0.1) is 0 Å². The molecule has 1 heterocycles. The number of hydrogen-bond donors (Lipinski definition) is 2. The molecule has 0 aliphatic heterocycles. The Morgan fingerprint density at radius 3 is 2.21 bits per heavy atom. The molecule has 3 N–H and O–H groups in total. The molecule has 0 saturated carbocycles. The van der Waals surface area contributed by atoms with Crippen molar-refractivity contribution in [1.82, 2.24) is 14.8 Å². The normalized spacial score (nSPS) is 9.88. The Bertz CT molecular complexity index is 649. The Kier molecular flexibility index (Phi) is 8.07. The lowest BCUT2D eigenvalue weighted by Gasteiger charge is -2.08. The third-order valence-electron chi connectivity index (χ3n) is 2.89. The van der Waals surface area contributed by atoms with Crippen LogP contribution < -0.4 is 15.2 Å². The molecule has 1 aromatic heterocycles. The van der Waals surface area contributed by atoms with E-state index in [-0.39, 0.29) is 0 Å². The SMILES string of the molecule is CC(=O)O.COc1cc(CSc2nnc(CN)n2C)cc(OC)c1. The maximum atomic E-state index is 9.00. The molecule has 0 aliphatic carbocycles. The predicted molar refractivity (Wildman–Crippen MR) is 91.3 cm³/mol. The molecular formula is C15H22N4O4S. The molecule has 0 spiro atoms. The van der Waals surface area contributed by atoms with Crippen molar-refractivity contribution >= 4 is 17.7 Å². The van der Waals surface area contributed by atoms with Crippen molar-refractivity contribution < 1.29 is 19.4 Å². The molecule has 8 nitrogen and oxygen atoms in total. The zero-order valence-electron chi connectivity index (χ0n) is 14.1. The highest BCUT2D eigenvalue weighted by molar-refractivity contribution is 7.98. The number of benzene rings is 1. The van der Waals surface area contributed by atoms with Crippen LogP contribution in [0.1, 0.15) is 18.3 Å². The molecule has 0 saturated heterocycles. The minimum absolute atomic E-state index is 0.386. The zero-order chi connectivity index (χ0) is 18.1. The molecule has 0 amide bonds.